The van der Waals surface area contributed by atoms with Crippen molar-refractivity contribution in [1.29, 1.82) is 0 Å². The minimum atomic E-state index is -0.831. The van der Waals surface area contributed by atoms with Crippen molar-refractivity contribution in [3.63, 3.8) is 0 Å². The average Bonchev–Trinajstić information content (AvgIpc) is 2.88. The van der Waals surface area contributed by atoms with Crippen LogP contribution in [-0.2, 0) is 4.79 Å². The molecule has 0 amide bonds. The Morgan fingerprint density at radius 3 is 2.83 bits per heavy atom. The monoisotopic (exact) mass is 366 g/mol. The van der Waals surface area contributed by atoms with Gasteiger partial charge in [0, 0.05) is 33.2 Å². The van der Waals surface area contributed by atoms with Crippen LogP contribution in [0.5, 0.6) is 11.5 Å². The van der Waals surface area contributed by atoms with Crippen LogP contribution in [0, 0.1) is 0 Å². The summed E-state index contributed by atoms with van der Waals surface area (Å²) < 4.78 is 11.5. The molecule has 1 unspecified atom stereocenters. The molecule has 2 aromatic carbocycles. The van der Waals surface area contributed by atoms with Gasteiger partial charge in [-0.2, -0.15) is 0 Å². The van der Waals surface area contributed by atoms with Crippen molar-refractivity contribution in [3.05, 3.63) is 57.6 Å². The lowest BCUT2D eigenvalue weighted by atomic mass is 9.98. The summed E-state index contributed by atoms with van der Waals surface area (Å²) in [6.45, 7) is 2.28. The number of rotatable bonds is 5. The third-order valence-corrected chi connectivity index (χ3v) is 4.56. The molecule has 1 N–H and O–H groups in total. The predicted molar refractivity (Wildman–Crippen MR) is 92.4 cm³/mol. The predicted octanol–water partition coefficient (Wildman–Crippen LogP) is 5.08. The van der Waals surface area contributed by atoms with Crippen LogP contribution in [0.3, 0.4) is 0 Å². The van der Waals surface area contributed by atoms with Gasteiger partial charge in [0.15, 0.2) is 0 Å². The van der Waals surface area contributed by atoms with E-state index >= 15 is 0 Å². The van der Waals surface area contributed by atoms with Crippen LogP contribution in [0.2, 0.25) is 10.0 Å². The molecular formula is C18H16Cl2O4. The highest BCUT2D eigenvalue weighted by molar-refractivity contribution is 6.35. The highest BCUT2D eigenvalue weighted by Gasteiger charge is 2.27. The fourth-order valence-electron chi connectivity index (χ4n) is 2.81. The summed E-state index contributed by atoms with van der Waals surface area (Å²) in [5.74, 6) is 0.369. The van der Waals surface area contributed by atoms with Crippen molar-refractivity contribution in [2.24, 2.45) is 0 Å². The second kappa shape index (κ2) is 6.91. The Kier molecular flexibility index (Phi) is 4.88. The lowest BCUT2D eigenvalue weighted by molar-refractivity contribution is -0.137. The summed E-state index contributed by atoms with van der Waals surface area (Å²) in [6.07, 6.45) is -0.201. The zero-order valence-corrected chi connectivity index (χ0v) is 14.5. The van der Waals surface area contributed by atoms with E-state index in [4.69, 9.17) is 37.8 Å². The Hall–Kier alpha value is -1.91. The van der Waals surface area contributed by atoms with Crippen molar-refractivity contribution in [2.75, 3.05) is 6.61 Å². The molecule has 2 atom stereocenters. The fraction of sp³-hybridized carbons (Fsp3) is 0.278. The van der Waals surface area contributed by atoms with Crippen LogP contribution in [0.25, 0.3) is 0 Å². The number of carboxylic acid groups (broad SMARTS) is 1. The highest BCUT2D eigenvalue weighted by atomic mass is 35.5. The number of hydrogen-bond acceptors (Lipinski definition) is 3. The molecule has 1 aliphatic rings. The molecule has 0 fully saturated rings. The molecule has 126 valence electrons. The molecule has 0 aliphatic carbocycles. The molecule has 0 radical (unpaired) electrons. The summed E-state index contributed by atoms with van der Waals surface area (Å²) in [7, 11) is 0. The van der Waals surface area contributed by atoms with E-state index in [0.29, 0.717) is 28.2 Å². The maximum atomic E-state index is 10.9. The first kappa shape index (κ1) is 16.9. The van der Waals surface area contributed by atoms with Crippen molar-refractivity contribution in [3.8, 4) is 11.5 Å². The quantitative estimate of drug-likeness (QED) is 0.800. The largest absolute Gasteiger partial charge is 0.492 e. The van der Waals surface area contributed by atoms with Crippen molar-refractivity contribution in [1.82, 2.24) is 0 Å². The van der Waals surface area contributed by atoms with Gasteiger partial charge in [-0.05, 0) is 25.1 Å². The highest BCUT2D eigenvalue weighted by Crippen LogP contribution is 2.39. The lowest BCUT2D eigenvalue weighted by Crippen LogP contribution is -2.07. The molecule has 0 bridgehead atoms. The molecule has 4 nitrogen and oxygen atoms in total. The summed E-state index contributed by atoms with van der Waals surface area (Å²) in [5.41, 5.74) is 1.74. The number of benzene rings is 2. The van der Waals surface area contributed by atoms with E-state index in [1.165, 1.54) is 0 Å². The molecule has 3 rings (SSSR count). The van der Waals surface area contributed by atoms with Gasteiger partial charge in [0.2, 0.25) is 0 Å². The number of hydrogen-bond donors (Lipinski definition) is 1. The van der Waals surface area contributed by atoms with Crippen LogP contribution < -0.4 is 9.47 Å². The van der Waals surface area contributed by atoms with Gasteiger partial charge in [0.25, 0.3) is 0 Å². The maximum absolute atomic E-state index is 10.9. The molecule has 0 saturated heterocycles. The third-order valence-electron chi connectivity index (χ3n) is 4.00. The Morgan fingerprint density at radius 2 is 2.12 bits per heavy atom. The minimum Gasteiger partial charge on any atom is -0.492 e. The van der Waals surface area contributed by atoms with Gasteiger partial charge < -0.3 is 14.6 Å². The van der Waals surface area contributed by atoms with Gasteiger partial charge in [-0.15, -0.1) is 0 Å². The number of carbonyl (C=O) groups is 1. The molecule has 1 heterocycles. The fourth-order valence-corrected chi connectivity index (χ4v) is 3.37. The molecule has 0 spiro atoms. The number of halogens is 2. The van der Waals surface area contributed by atoms with Gasteiger partial charge in [-0.3, -0.25) is 4.79 Å². The number of carboxylic acids is 1. The number of aliphatic carboxylic acids is 1. The lowest BCUT2D eigenvalue weighted by Gasteiger charge is -2.17. The average molecular weight is 367 g/mol. The van der Waals surface area contributed by atoms with Crippen molar-refractivity contribution < 1.29 is 19.4 Å². The van der Waals surface area contributed by atoms with E-state index < -0.39 is 5.97 Å². The van der Waals surface area contributed by atoms with Gasteiger partial charge in [0.05, 0.1) is 13.0 Å². The first-order chi connectivity index (χ1) is 11.4. The van der Waals surface area contributed by atoms with Gasteiger partial charge >= 0.3 is 5.97 Å². The van der Waals surface area contributed by atoms with E-state index in [9.17, 15) is 4.79 Å². The first-order valence-corrected chi connectivity index (χ1v) is 8.30. The summed E-state index contributed by atoms with van der Waals surface area (Å²) >= 11 is 12.1. The summed E-state index contributed by atoms with van der Waals surface area (Å²) in [4.78, 5) is 10.9. The molecule has 1 aliphatic heterocycles. The van der Waals surface area contributed by atoms with Crippen LogP contribution in [0.15, 0.2) is 36.4 Å². The Labute approximate surface area is 149 Å². The SMILES string of the molecule is CC(Oc1ccc2c(c1)OC[C@H]2CC(=O)O)c1ccc(Cl)cc1Cl. The van der Waals surface area contributed by atoms with Crippen molar-refractivity contribution in [2.45, 2.75) is 25.4 Å². The van der Waals surface area contributed by atoms with E-state index in [-0.39, 0.29) is 18.4 Å². The van der Waals surface area contributed by atoms with E-state index in [2.05, 4.69) is 0 Å². The first-order valence-electron chi connectivity index (χ1n) is 7.54. The molecule has 6 heteroatoms. The molecule has 2 aromatic rings. The zero-order valence-electron chi connectivity index (χ0n) is 13.0. The van der Waals surface area contributed by atoms with Crippen LogP contribution in [-0.4, -0.2) is 17.7 Å². The maximum Gasteiger partial charge on any atom is 0.304 e. The van der Waals surface area contributed by atoms with Gasteiger partial charge in [-0.25, -0.2) is 0 Å². The smallest absolute Gasteiger partial charge is 0.304 e. The minimum absolute atomic E-state index is 0.0595. The van der Waals surface area contributed by atoms with Crippen LogP contribution in [0.1, 0.15) is 36.5 Å². The van der Waals surface area contributed by atoms with E-state index in [1.807, 2.05) is 25.1 Å². The second-order valence-electron chi connectivity index (χ2n) is 5.73. The molecule has 0 aromatic heterocycles. The normalized spacial score (nSPS) is 17.0. The zero-order chi connectivity index (χ0) is 17.3. The topological polar surface area (TPSA) is 55.8 Å². The standard InChI is InChI=1S/C18H16Cl2O4/c1-10(14-4-2-12(19)7-16(14)20)24-13-3-5-15-11(6-18(21)22)9-23-17(15)8-13/h2-5,7-8,10-11H,6,9H2,1H3,(H,21,22)/t10?,11-/m1/s1. The number of fused-ring (bicyclic) bond motifs is 1. The molecule has 24 heavy (non-hydrogen) atoms. The van der Waals surface area contributed by atoms with Crippen LogP contribution >= 0.6 is 23.2 Å². The number of ether oxygens (including phenoxy) is 2. The van der Waals surface area contributed by atoms with Crippen molar-refractivity contribution >= 4 is 29.2 Å². The summed E-state index contributed by atoms with van der Waals surface area (Å²) in [6, 6.07) is 10.8. The molecule has 0 saturated carbocycles. The summed E-state index contributed by atoms with van der Waals surface area (Å²) in [5, 5.41) is 10.1. The Bertz CT molecular complexity index is 776. The van der Waals surface area contributed by atoms with Crippen LogP contribution in [0.4, 0.5) is 0 Å². The second-order valence-corrected chi connectivity index (χ2v) is 6.57. The Morgan fingerprint density at radius 1 is 1.33 bits per heavy atom. The van der Waals surface area contributed by atoms with Gasteiger partial charge in [-0.1, -0.05) is 35.3 Å². The van der Waals surface area contributed by atoms with E-state index in [1.54, 1.807) is 18.2 Å². The van der Waals surface area contributed by atoms with E-state index in [0.717, 1.165) is 11.1 Å². The molecular weight excluding hydrogens is 351 g/mol. The van der Waals surface area contributed by atoms with Gasteiger partial charge in [0.1, 0.15) is 17.6 Å². The third kappa shape index (κ3) is 3.60. The Balaban J connectivity index is 1.76.